The number of quaternary nitrogens is 1. The van der Waals surface area contributed by atoms with Crippen LogP contribution in [0.25, 0.3) is 5.69 Å². The normalized spacial score (nSPS) is 16.5. The lowest BCUT2D eigenvalue weighted by molar-refractivity contribution is -0.933. The molecule has 0 radical (unpaired) electrons. The van der Waals surface area contributed by atoms with Crippen LogP contribution in [0.15, 0.2) is 48.5 Å². The maximum absolute atomic E-state index is 6.54. The van der Waals surface area contributed by atoms with Crippen molar-refractivity contribution < 1.29 is 9.64 Å². The van der Waals surface area contributed by atoms with Crippen LogP contribution in [0.4, 0.5) is 0 Å². The van der Waals surface area contributed by atoms with Gasteiger partial charge in [0.05, 0.1) is 23.9 Å². The largest absolute Gasteiger partial charge is 0.370 e. The maximum atomic E-state index is 6.54. The van der Waals surface area contributed by atoms with Gasteiger partial charge in [-0.25, -0.2) is 0 Å². The first kappa shape index (κ1) is 17.4. The molecule has 0 aliphatic carbocycles. The predicted octanol–water partition coefficient (Wildman–Crippen LogP) is 1.97. The quantitative estimate of drug-likeness (QED) is 0.739. The first-order valence-corrected chi connectivity index (χ1v) is 9.20. The fraction of sp³-hybridized carbons (Fsp3) is 0.278. The van der Waals surface area contributed by atoms with Crippen molar-refractivity contribution in [3.63, 3.8) is 0 Å². The molecule has 0 unspecified atom stereocenters. The van der Waals surface area contributed by atoms with Crippen LogP contribution in [0.3, 0.4) is 0 Å². The van der Waals surface area contributed by atoms with Crippen LogP contribution < -0.4 is 4.90 Å². The molecule has 4 rings (SSSR count). The summed E-state index contributed by atoms with van der Waals surface area (Å²) >= 11 is 12.7. The Morgan fingerprint density at radius 2 is 1.85 bits per heavy atom. The molecule has 3 aromatic rings. The number of rotatable bonds is 4. The van der Waals surface area contributed by atoms with Gasteiger partial charge in [-0.15, -0.1) is 5.10 Å². The number of benzene rings is 2. The fourth-order valence-corrected chi connectivity index (χ4v) is 3.77. The van der Waals surface area contributed by atoms with E-state index in [0.29, 0.717) is 23.3 Å². The molecule has 26 heavy (non-hydrogen) atoms. The summed E-state index contributed by atoms with van der Waals surface area (Å²) in [6.07, 6.45) is 0. The fourth-order valence-electron chi connectivity index (χ4n) is 3.34. The van der Waals surface area contributed by atoms with Crippen LogP contribution in [-0.4, -0.2) is 46.5 Å². The number of halogens is 2. The third-order valence-electron chi connectivity index (χ3n) is 4.56. The van der Waals surface area contributed by atoms with Crippen LogP contribution in [-0.2, 0) is 4.74 Å². The summed E-state index contributed by atoms with van der Waals surface area (Å²) in [6, 6.07) is 15.2. The molecule has 1 aliphatic heterocycles. The van der Waals surface area contributed by atoms with E-state index in [2.05, 4.69) is 15.5 Å². The molecule has 0 amide bonds. The molecule has 6 nitrogen and oxygen atoms in total. The third-order valence-corrected chi connectivity index (χ3v) is 5.14. The van der Waals surface area contributed by atoms with E-state index in [-0.39, 0.29) is 6.04 Å². The minimum Gasteiger partial charge on any atom is -0.370 e. The Balaban J connectivity index is 1.83. The molecule has 1 saturated heterocycles. The van der Waals surface area contributed by atoms with Crippen molar-refractivity contribution >= 4 is 23.2 Å². The van der Waals surface area contributed by atoms with E-state index in [9.17, 15) is 0 Å². The highest BCUT2D eigenvalue weighted by Gasteiger charge is 2.34. The summed E-state index contributed by atoms with van der Waals surface area (Å²) in [6.45, 7) is 3.13. The van der Waals surface area contributed by atoms with E-state index in [1.807, 2.05) is 48.5 Å². The molecule has 1 fully saturated rings. The number of nitrogens with zero attached hydrogens (tertiary/aromatic N) is 4. The van der Waals surface area contributed by atoms with Gasteiger partial charge in [-0.2, -0.15) is 4.68 Å². The number of hydrogen-bond donors (Lipinski definition) is 1. The highest BCUT2D eigenvalue weighted by atomic mass is 35.5. The molecule has 0 spiro atoms. The molecular formula is C18H18Cl2N5O+. The van der Waals surface area contributed by atoms with E-state index in [1.165, 1.54) is 4.90 Å². The SMILES string of the molecule is Clc1cccc(-n2nnnc2[C@@H](c2ccccc2Cl)[NH+]2CCOCC2)c1. The second-order valence-corrected chi connectivity index (χ2v) is 7.00. The number of aromatic nitrogens is 4. The van der Waals surface area contributed by atoms with Crippen molar-refractivity contribution in [2.75, 3.05) is 26.3 Å². The Kier molecular flexibility index (Phi) is 5.17. The molecule has 8 heteroatoms. The van der Waals surface area contributed by atoms with Crippen molar-refractivity contribution in [1.29, 1.82) is 0 Å². The van der Waals surface area contributed by atoms with Gasteiger partial charge in [0.2, 0.25) is 5.82 Å². The van der Waals surface area contributed by atoms with Gasteiger partial charge < -0.3 is 9.64 Å². The van der Waals surface area contributed by atoms with Crippen LogP contribution in [0, 0.1) is 0 Å². The van der Waals surface area contributed by atoms with Gasteiger partial charge in [0.15, 0.2) is 6.04 Å². The zero-order valence-electron chi connectivity index (χ0n) is 14.0. The van der Waals surface area contributed by atoms with Gasteiger partial charge >= 0.3 is 0 Å². The Morgan fingerprint density at radius 1 is 1.04 bits per heavy atom. The molecule has 1 N–H and O–H groups in total. The summed E-state index contributed by atoms with van der Waals surface area (Å²) in [5.74, 6) is 0.734. The van der Waals surface area contributed by atoms with E-state index in [0.717, 1.165) is 30.2 Å². The van der Waals surface area contributed by atoms with Crippen molar-refractivity contribution in [1.82, 2.24) is 20.2 Å². The zero-order valence-corrected chi connectivity index (χ0v) is 15.5. The van der Waals surface area contributed by atoms with Gasteiger partial charge in [-0.1, -0.05) is 47.5 Å². The Bertz CT molecular complexity index is 895. The van der Waals surface area contributed by atoms with Crippen molar-refractivity contribution in [2.45, 2.75) is 6.04 Å². The van der Waals surface area contributed by atoms with Gasteiger partial charge in [-0.05, 0) is 34.7 Å². The minimum atomic E-state index is -0.0958. The second kappa shape index (κ2) is 7.72. The lowest BCUT2D eigenvalue weighted by atomic mass is 10.0. The number of morpholine rings is 1. The standard InChI is InChI=1S/C18H17Cl2N5O/c19-13-4-3-5-14(12-13)25-18(21-22-23-25)17(24-8-10-26-11-9-24)15-6-1-2-7-16(15)20/h1-7,12,17H,8-11H2/p+1/t17-/m1/s1. The highest BCUT2D eigenvalue weighted by molar-refractivity contribution is 6.31. The summed E-state index contributed by atoms with van der Waals surface area (Å²) in [5, 5.41) is 13.8. The number of nitrogens with one attached hydrogen (secondary N) is 1. The Morgan fingerprint density at radius 3 is 2.62 bits per heavy atom. The Labute approximate surface area is 161 Å². The molecule has 1 aliphatic rings. The average molecular weight is 391 g/mol. The summed E-state index contributed by atoms with van der Waals surface area (Å²) in [4.78, 5) is 1.32. The maximum Gasteiger partial charge on any atom is 0.219 e. The number of hydrogen-bond acceptors (Lipinski definition) is 4. The third kappa shape index (κ3) is 3.46. The first-order chi connectivity index (χ1) is 12.7. The van der Waals surface area contributed by atoms with E-state index >= 15 is 0 Å². The predicted molar refractivity (Wildman–Crippen MR) is 99.0 cm³/mol. The van der Waals surface area contributed by atoms with Crippen molar-refractivity contribution in [3.05, 3.63) is 70.0 Å². The average Bonchev–Trinajstić information content (AvgIpc) is 3.14. The monoisotopic (exact) mass is 390 g/mol. The summed E-state index contributed by atoms with van der Waals surface area (Å²) in [7, 11) is 0. The van der Waals surface area contributed by atoms with E-state index in [4.69, 9.17) is 27.9 Å². The molecule has 2 aromatic carbocycles. The molecular weight excluding hydrogens is 373 g/mol. The van der Waals surface area contributed by atoms with Gasteiger partial charge in [0.1, 0.15) is 13.1 Å². The van der Waals surface area contributed by atoms with Gasteiger partial charge in [0, 0.05) is 10.6 Å². The molecule has 2 heterocycles. The Hall–Kier alpha value is -1.99. The topological polar surface area (TPSA) is 57.3 Å². The van der Waals surface area contributed by atoms with E-state index in [1.54, 1.807) is 4.68 Å². The zero-order chi connectivity index (χ0) is 17.9. The lowest BCUT2D eigenvalue weighted by Crippen LogP contribution is -3.14. The lowest BCUT2D eigenvalue weighted by Gasteiger charge is -2.31. The number of tetrazole rings is 1. The summed E-state index contributed by atoms with van der Waals surface area (Å²) < 4.78 is 7.27. The van der Waals surface area contributed by atoms with Gasteiger partial charge in [-0.3, -0.25) is 0 Å². The first-order valence-electron chi connectivity index (χ1n) is 8.45. The van der Waals surface area contributed by atoms with Crippen LogP contribution in [0.5, 0.6) is 0 Å². The minimum absolute atomic E-state index is 0.0958. The molecule has 1 atom stereocenters. The summed E-state index contributed by atoms with van der Waals surface area (Å²) in [5.41, 5.74) is 1.83. The van der Waals surface area contributed by atoms with Crippen LogP contribution in [0.1, 0.15) is 17.4 Å². The second-order valence-electron chi connectivity index (χ2n) is 6.15. The van der Waals surface area contributed by atoms with Gasteiger partial charge in [0.25, 0.3) is 0 Å². The van der Waals surface area contributed by atoms with Crippen molar-refractivity contribution in [3.8, 4) is 5.69 Å². The molecule has 0 saturated carbocycles. The van der Waals surface area contributed by atoms with Crippen molar-refractivity contribution in [2.24, 2.45) is 0 Å². The molecule has 134 valence electrons. The highest BCUT2D eigenvalue weighted by Crippen LogP contribution is 2.26. The van der Waals surface area contributed by atoms with Crippen LogP contribution in [0.2, 0.25) is 10.0 Å². The van der Waals surface area contributed by atoms with Crippen LogP contribution >= 0.6 is 23.2 Å². The number of ether oxygens (including phenoxy) is 1. The molecule has 0 bridgehead atoms. The molecule has 1 aromatic heterocycles. The van der Waals surface area contributed by atoms with E-state index < -0.39 is 0 Å². The smallest absolute Gasteiger partial charge is 0.219 e.